The Kier molecular flexibility index (Phi) is 8.31. The fraction of sp³-hybridized carbons (Fsp3) is 0.263. The average molecular weight is 392 g/mol. The Morgan fingerprint density at radius 2 is 2.00 bits per heavy atom. The molecule has 0 aromatic heterocycles. The van der Waals surface area contributed by atoms with Crippen molar-refractivity contribution in [2.75, 3.05) is 13.7 Å². The fourth-order valence-electron chi connectivity index (χ4n) is 2.04. The number of ether oxygens (including phenoxy) is 2. The molecule has 0 bridgehead atoms. The number of methoxy groups -OCH3 is 1. The van der Waals surface area contributed by atoms with Crippen molar-refractivity contribution in [2.45, 2.75) is 19.1 Å². The molecule has 5 nitrogen and oxygen atoms in total. The van der Waals surface area contributed by atoms with Gasteiger partial charge in [-0.15, -0.1) is 5.10 Å². The average Bonchev–Trinajstić information content (AvgIpc) is 2.66. The molecule has 0 aliphatic rings. The van der Waals surface area contributed by atoms with Crippen molar-refractivity contribution in [3.05, 3.63) is 58.6 Å². The van der Waals surface area contributed by atoms with E-state index in [1.54, 1.807) is 25.5 Å². The lowest BCUT2D eigenvalue weighted by Crippen LogP contribution is -2.06. The van der Waals surface area contributed by atoms with Crippen molar-refractivity contribution in [3.63, 3.8) is 0 Å². The highest BCUT2D eigenvalue weighted by molar-refractivity contribution is 8.13. The minimum Gasteiger partial charge on any atom is -0.493 e. The summed E-state index contributed by atoms with van der Waals surface area (Å²) in [6, 6.07) is 13.5. The number of hydrogen-bond acceptors (Lipinski definition) is 5. The first-order chi connectivity index (χ1) is 12.6. The number of amidine groups is 1. The molecule has 2 aromatic rings. The summed E-state index contributed by atoms with van der Waals surface area (Å²) >= 11 is 7.71. The van der Waals surface area contributed by atoms with Crippen molar-refractivity contribution in [3.8, 4) is 11.5 Å². The summed E-state index contributed by atoms with van der Waals surface area (Å²) in [5.74, 6) is 1.95. The molecule has 0 unspecified atom stereocenters. The maximum atomic E-state index is 6.28. The van der Waals surface area contributed by atoms with Gasteiger partial charge in [-0.3, -0.25) is 0 Å². The van der Waals surface area contributed by atoms with Crippen molar-refractivity contribution in [2.24, 2.45) is 15.9 Å². The van der Waals surface area contributed by atoms with Crippen LogP contribution in [0.4, 0.5) is 0 Å². The number of nitrogens with two attached hydrogens (primary N) is 1. The number of rotatable bonds is 8. The lowest BCUT2D eigenvalue weighted by atomic mass is 10.2. The predicted octanol–water partition coefficient (Wildman–Crippen LogP) is 4.72. The van der Waals surface area contributed by atoms with Gasteiger partial charge in [-0.25, -0.2) is 0 Å². The maximum absolute atomic E-state index is 6.28. The first-order valence-corrected chi connectivity index (χ1v) is 9.54. The third-order valence-electron chi connectivity index (χ3n) is 3.33. The van der Waals surface area contributed by atoms with Gasteiger partial charge >= 0.3 is 0 Å². The zero-order valence-corrected chi connectivity index (χ0v) is 16.4. The lowest BCUT2D eigenvalue weighted by Gasteiger charge is -2.11. The Balaban J connectivity index is 2.02. The summed E-state index contributed by atoms with van der Waals surface area (Å²) < 4.78 is 11.0. The van der Waals surface area contributed by atoms with Gasteiger partial charge in [0, 0.05) is 17.4 Å². The van der Waals surface area contributed by atoms with E-state index in [1.807, 2.05) is 37.3 Å². The molecular weight excluding hydrogens is 370 g/mol. The standard InChI is InChI=1S/C19H22ClN3O2S/c1-3-9-25-18-11-16(20)15(10-17(18)24-2)12-22-23-19(21)26-13-14-7-5-4-6-8-14/h4-8,10-12H,3,9,13H2,1-2H3,(H2,21,23). The molecule has 138 valence electrons. The first kappa shape index (κ1) is 20.1. The molecule has 0 radical (unpaired) electrons. The second kappa shape index (κ2) is 10.7. The molecule has 2 N–H and O–H groups in total. The van der Waals surface area contributed by atoms with E-state index in [0.717, 1.165) is 12.2 Å². The molecule has 2 aromatic carbocycles. The lowest BCUT2D eigenvalue weighted by molar-refractivity contribution is 0.294. The van der Waals surface area contributed by atoms with Crippen molar-refractivity contribution < 1.29 is 9.47 Å². The summed E-state index contributed by atoms with van der Waals surface area (Å²) in [6.45, 7) is 2.63. The predicted molar refractivity (Wildman–Crippen MR) is 111 cm³/mol. The monoisotopic (exact) mass is 391 g/mol. The summed E-state index contributed by atoms with van der Waals surface area (Å²) in [5, 5.41) is 8.91. The fourth-order valence-corrected chi connectivity index (χ4v) is 2.86. The highest BCUT2D eigenvalue weighted by Gasteiger charge is 2.09. The molecule has 0 fully saturated rings. The van der Waals surface area contributed by atoms with Gasteiger partial charge in [0.05, 0.1) is 25.0 Å². The van der Waals surface area contributed by atoms with Crippen LogP contribution in [0.5, 0.6) is 11.5 Å². The molecule has 0 heterocycles. The van der Waals surface area contributed by atoms with Crippen LogP contribution in [0.25, 0.3) is 0 Å². The van der Waals surface area contributed by atoms with E-state index < -0.39 is 0 Å². The molecule has 0 amide bonds. The number of nitrogens with zero attached hydrogens (tertiary/aromatic N) is 2. The molecule has 0 saturated carbocycles. The number of thioether (sulfide) groups is 1. The molecule has 7 heteroatoms. The van der Waals surface area contributed by atoms with Gasteiger partial charge in [0.25, 0.3) is 0 Å². The van der Waals surface area contributed by atoms with Gasteiger partial charge in [-0.2, -0.15) is 5.10 Å². The topological polar surface area (TPSA) is 69.2 Å². The van der Waals surface area contributed by atoms with E-state index in [0.29, 0.717) is 33.9 Å². The third-order valence-corrected chi connectivity index (χ3v) is 4.51. The van der Waals surface area contributed by atoms with E-state index in [4.69, 9.17) is 26.8 Å². The van der Waals surface area contributed by atoms with Crippen molar-refractivity contribution in [1.29, 1.82) is 0 Å². The van der Waals surface area contributed by atoms with Crippen LogP contribution in [0.1, 0.15) is 24.5 Å². The number of benzene rings is 2. The van der Waals surface area contributed by atoms with E-state index in [1.165, 1.54) is 17.3 Å². The van der Waals surface area contributed by atoms with Gasteiger partial charge in [-0.05, 0) is 18.1 Å². The number of halogens is 1. The van der Waals surface area contributed by atoms with Crippen LogP contribution in [0.2, 0.25) is 5.02 Å². The Morgan fingerprint density at radius 1 is 1.23 bits per heavy atom. The Morgan fingerprint density at radius 3 is 2.69 bits per heavy atom. The minimum atomic E-state index is 0.385. The van der Waals surface area contributed by atoms with Crippen LogP contribution in [0, 0.1) is 0 Å². The van der Waals surface area contributed by atoms with Crippen molar-refractivity contribution >= 4 is 34.7 Å². The number of hydrogen-bond donors (Lipinski definition) is 1. The highest BCUT2D eigenvalue weighted by atomic mass is 35.5. The largest absolute Gasteiger partial charge is 0.493 e. The molecule has 0 aliphatic heterocycles. The summed E-state index contributed by atoms with van der Waals surface area (Å²) in [4.78, 5) is 0. The molecule has 0 spiro atoms. The van der Waals surface area contributed by atoms with Crippen LogP contribution in [-0.4, -0.2) is 25.1 Å². The zero-order chi connectivity index (χ0) is 18.8. The summed E-state index contributed by atoms with van der Waals surface area (Å²) in [7, 11) is 1.58. The van der Waals surface area contributed by atoms with Crippen LogP contribution in [0.3, 0.4) is 0 Å². The van der Waals surface area contributed by atoms with Gasteiger partial charge in [-0.1, -0.05) is 60.6 Å². The molecule has 0 aliphatic carbocycles. The van der Waals surface area contributed by atoms with Crippen LogP contribution in [-0.2, 0) is 5.75 Å². The van der Waals surface area contributed by atoms with Crippen molar-refractivity contribution in [1.82, 2.24) is 0 Å². The highest BCUT2D eigenvalue weighted by Crippen LogP contribution is 2.32. The molecule has 2 rings (SSSR count). The first-order valence-electron chi connectivity index (χ1n) is 8.17. The Hall–Kier alpha value is -2.18. The summed E-state index contributed by atoms with van der Waals surface area (Å²) in [6.07, 6.45) is 2.45. The zero-order valence-electron chi connectivity index (χ0n) is 14.8. The Labute approximate surface area is 163 Å². The van der Waals surface area contributed by atoms with Crippen LogP contribution >= 0.6 is 23.4 Å². The second-order valence-corrected chi connectivity index (χ2v) is 6.73. The van der Waals surface area contributed by atoms with Crippen LogP contribution in [0.15, 0.2) is 52.7 Å². The van der Waals surface area contributed by atoms with Crippen LogP contribution < -0.4 is 15.2 Å². The maximum Gasteiger partial charge on any atom is 0.180 e. The molecule has 0 atom stereocenters. The Bertz CT molecular complexity index is 767. The summed E-state index contributed by atoms with van der Waals surface area (Å²) in [5.41, 5.74) is 7.73. The van der Waals surface area contributed by atoms with Gasteiger partial charge in [0.15, 0.2) is 16.7 Å². The molecule has 0 saturated heterocycles. The minimum absolute atomic E-state index is 0.385. The second-order valence-electron chi connectivity index (χ2n) is 5.33. The quantitative estimate of drug-likeness (QED) is 0.401. The van der Waals surface area contributed by atoms with E-state index in [2.05, 4.69) is 10.2 Å². The van der Waals surface area contributed by atoms with Gasteiger partial charge < -0.3 is 15.2 Å². The van der Waals surface area contributed by atoms with Gasteiger partial charge in [0.1, 0.15) is 0 Å². The van der Waals surface area contributed by atoms with Gasteiger partial charge in [0.2, 0.25) is 0 Å². The van der Waals surface area contributed by atoms with E-state index >= 15 is 0 Å². The van der Waals surface area contributed by atoms with E-state index in [-0.39, 0.29) is 0 Å². The molecule has 26 heavy (non-hydrogen) atoms. The smallest absolute Gasteiger partial charge is 0.180 e. The SMILES string of the molecule is CCCOc1cc(Cl)c(C=NN=C(N)SCc2ccccc2)cc1OC. The third kappa shape index (κ3) is 6.28. The van der Waals surface area contributed by atoms with E-state index in [9.17, 15) is 0 Å². The normalized spacial score (nSPS) is 11.7. The molecular formula is C19H22ClN3O2S.